The zero-order valence-electron chi connectivity index (χ0n) is 12.2. The lowest BCUT2D eigenvalue weighted by molar-refractivity contribution is -0.143. The van der Waals surface area contributed by atoms with E-state index in [1.165, 1.54) is 0 Å². The maximum absolute atomic E-state index is 13.8. The molecular formula is C17H17F2NO2. The second kappa shape index (κ2) is 7.13. The molecule has 0 aromatic heterocycles. The van der Waals surface area contributed by atoms with E-state index in [1.807, 2.05) is 0 Å². The topological polar surface area (TPSA) is 52.3 Å². The van der Waals surface area contributed by atoms with E-state index in [0.29, 0.717) is 17.7 Å². The number of carbonyl (C=O) groups excluding carboxylic acids is 1. The molecular weight excluding hydrogens is 288 g/mol. The van der Waals surface area contributed by atoms with Crippen LogP contribution in [0.5, 0.6) is 0 Å². The van der Waals surface area contributed by atoms with Gasteiger partial charge in [0.15, 0.2) is 0 Å². The van der Waals surface area contributed by atoms with Crippen molar-refractivity contribution in [3.63, 3.8) is 0 Å². The first-order valence-electron chi connectivity index (χ1n) is 6.98. The molecule has 2 rings (SSSR count). The first-order valence-corrected chi connectivity index (χ1v) is 6.98. The highest BCUT2D eigenvalue weighted by Gasteiger charge is 2.14. The molecule has 0 saturated carbocycles. The van der Waals surface area contributed by atoms with Crippen LogP contribution in [0.15, 0.2) is 42.5 Å². The van der Waals surface area contributed by atoms with Gasteiger partial charge in [0.25, 0.3) is 0 Å². The molecule has 3 nitrogen and oxygen atoms in total. The molecule has 2 aromatic carbocycles. The summed E-state index contributed by atoms with van der Waals surface area (Å²) in [5, 5.41) is 0. The molecule has 0 fully saturated rings. The Morgan fingerprint density at radius 1 is 1.23 bits per heavy atom. The fraction of sp³-hybridized carbons (Fsp3) is 0.235. The average Bonchev–Trinajstić information content (AvgIpc) is 2.50. The highest BCUT2D eigenvalue weighted by Crippen LogP contribution is 2.26. The van der Waals surface area contributed by atoms with Crippen molar-refractivity contribution in [1.29, 1.82) is 0 Å². The largest absolute Gasteiger partial charge is 0.466 e. The molecule has 116 valence electrons. The molecule has 0 aliphatic heterocycles. The molecule has 0 radical (unpaired) electrons. The quantitative estimate of drug-likeness (QED) is 0.859. The summed E-state index contributed by atoms with van der Waals surface area (Å²) in [5.74, 6) is -1.42. The molecule has 0 aliphatic rings. The molecule has 22 heavy (non-hydrogen) atoms. The number of halogens is 2. The van der Waals surface area contributed by atoms with Crippen LogP contribution in [0.2, 0.25) is 0 Å². The Morgan fingerprint density at radius 2 is 2.00 bits per heavy atom. The van der Waals surface area contributed by atoms with Crippen molar-refractivity contribution in [2.75, 3.05) is 6.61 Å². The number of ether oxygens (including phenoxy) is 1. The smallest absolute Gasteiger partial charge is 0.307 e. The minimum absolute atomic E-state index is 0.0307. The standard InChI is InChI=1S/C17H17F2NO2/c1-2-22-17(21)10-16(20)12-5-3-4-11(8-12)14-9-13(18)6-7-15(14)19/h3-9,16H,2,10,20H2,1H3/t16-/m0/s1. The van der Waals surface area contributed by atoms with Crippen molar-refractivity contribution in [3.8, 4) is 11.1 Å². The van der Waals surface area contributed by atoms with E-state index < -0.39 is 23.6 Å². The number of esters is 1. The van der Waals surface area contributed by atoms with Gasteiger partial charge in [0.1, 0.15) is 11.6 Å². The Balaban J connectivity index is 2.26. The van der Waals surface area contributed by atoms with Crippen LogP contribution in [-0.4, -0.2) is 12.6 Å². The lowest BCUT2D eigenvalue weighted by atomic mass is 9.98. The van der Waals surface area contributed by atoms with Crippen LogP contribution in [0.1, 0.15) is 24.9 Å². The summed E-state index contributed by atoms with van der Waals surface area (Å²) in [6.45, 7) is 2.01. The minimum atomic E-state index is -0.560. The summed E-state index contributed by atoms with van der Waals surface area (Å²) in [6, 6.07) is 9.47. The number of hydrogen-bond acceptors (Lipinski definition) is 3. The summed E-state index contributed by atoms with van der Waals surface area (Å²) < 4.78 is 32.0. The highest BCUT2D eigenvalue weighted by atomic mass is 19.1. The molecule has 1 atom stereocenters. The number of hydrogen-bond donors (Lipinski definition) is 1. The average molecular weight is 305 g/mol. The summed E-state index contributed by atoms with van der Waals surface area (Å²) in [4.78, 5) is 11.5. The molecule has 0 spiro atoms. The molecule has 2 aromatic rings. The van der Waals surface area contributed by atoms with E-state index in [-0.39, 0.29) is 12.0 Å². The van der Waals surface area contributed by atoms with Gasteiger partial charge in [-0.25, -0.2) is 8.78 Å². The van der Waals surface area contributed by atoms with Crippen LogP contribution >= 0.6 is 0 Å². The number of rotatable bonds is 5. The normalized spacial score (nSPS) is 12.0. The maximum Gasteiger partial charge on any atom is 0.307 e. The number of nitrogens with two attached hydrogens (primary N) is 1. The molecule has 0 amide bonds. The molecule has 5 heteroatoms. The molecule has 2 N–H and O–H groups in total. The van der Waals surface area contributed by atoms with Crippen LogP contribution in [0.3, 0.4) is 0 Å². The Morgan fingerprint density at radius 3 is 2.73 bits per heavy atom. The van der Waals surface area contributed by atoms with E-state index >= 15 is 0 Å². The van der Waals surface area contributed by atoms with Gasteiger partial charge < -0.3 is 10.5 Å². The highest BCUT2D eigenvalue weighted by molar-refractivity contribution is 5.71. The van der Waals surface area contributed by atoms with Gasteiger partial charge in [-0.05, 0) is 42.3 Å². The van der Waals surface area contributed by atoms with Crippen LogP contribution in [-0.2, 0) is 9.53 Å². The van der Waals surface area contributed by atoms with Crippen LogP contribution < -0.4 is 5.73 Å². The third kappa shape index (κ3) is 3.89. The summed E-state index contributed by atoms with van der Waals surface area (Å²) >= 11 is 0. The molecule has 0 saturated heterocycles. The molecule has 0 unspecified atom stereocenters. The van der Waals surface area contributed by atoms with Crippen molar-refractivity contribution in [1.82, 2.24) is 0 Å². The summed E-state index contributed by atoms with van der Waals surface area (Å²) in [6.07, 6.45) is 0.0307. The first kappa shape index (κ1) is 16.1. The van der Waals surface area contributed by atoms with E-state index in [4.69, 9.17) is 10.5 Å². The van der Waals surface area contributed by atoms with Crippen molar-refractivity contribution in [3.05, 3.63) is 59.7 Å². The van der Waals surface area contributed by atoms with Crippen molar-refractivity contribution >= 4 is 5.97 Å². The van der Waals surface area contributed by atoms with Crippen molar-refractivity contribution in [2.24, 2.45) is 5.73 Å². The van der Waals surface area contributed by atoms with Crippen LogP contribution in [0.25, 0.3) is 11.1 Å². The molecule has 0 heterocycles. The summed E-state index contributed by atoms with van der Waals surface area (Å²) in [5.41, 5.74) is 7.30. The van der Waals surface area contributed by atoms with Crippen molar-refractivity contribution < 1.29 is 18.3 Å². The monoisotopic (exact) mass is 305 g/mol. The van der Waals surface area contributed by atoms with Gasteiger partial charge in [-0.3, -0.25) is 4.79 Å². The maximum atomic E-state index is 13.8. The van der Waals surface area contributed by atoms with Crippen molar-refractivity contribution in [2.45, 2.75) is 19.4 Å². The molecule has 0 bridgehead atoms. The van der Waals surface area contributed by atoms with Gasteiger partial charge in [-0.1, -0.05) is 18.2 Å². The van der Waals surface area contributed by atoms with E-state index in [2.05, 4.69) is 0 Å². The third-order valence-corrected chi connectivity index (χ3v) is 3.25. The summed E-state index contributed by atoms with van der Waals surface area (Å²) in [7, 11) is 0. The predicted molar refractivity (Wildman–Crippen MR) is 80.0 cm³/mol. The van der Waals surface area contributed by atoms with Gasteiger partial charge in [0.2, 0.25) is 0 Å². The lowest BCUT2D eigenvalue weighted by Gasteiger charge is -2.13. The van der Waals surface area contributed by atoms with Gasteiger partial charge in [0, 0.05) is 11.6 Å². The third-order valence-electron chi connectivity index (χ3n) is 3.25. The Labute approximate surface area is 127 Å². The van der Waals surface area contributed by atoms with E-state index in [0.717, 1.165) is 18.2 Å². The minimum Gasteiger partial charge on any atom is -0.466 e. The van der Waals surface area contributed by atoms with Gasteiger partial charge >= 0.3 is 5.97 Å². The zero-order chi connectivity index (χ0) is 16.1. The number of carbonyl (C=O) groups is 1. The molecule has 0 aliphatic carbocycles. The Kier molecular flexibility index (Phi) is 5.22. The van der Waals surface area contributed by atoms with Crippen LogP contribution in [0, 0.1) is 11.6 Å². The van der Waals surface area contributed by atoms with Gasteiger partial charge in [-0.15, -0.1) is 0 Å². The zero-order valence-corrected chi connectivity index (χ0v) is 12.2. The number of benzene rings is 2. The Bertz CT molecular complexity index is 673. The van der Waals surface area contributed by atoms with E-state index in [1.54, 1.807) is 31.2 Å². The second-order valence-corrected chi connectivity index (χ2v) is 4.87. The second-order valence-electron chi connectivity index (χ2n) is 4.87. The fourth-order valence-corrected chi connectivity index (χ4v) is 2.17. The Hall–Kier alpha value is -2.27. The van der Waals surface area contributed by atoms with E-state index in [9.17, 15) is 13.6 Å². The first-order chi connectivity index (χ1) is 10.5. The SMILES string of the molecule is CCOC(=O)C[C@H](N)c1cccc(-c2cc(F)ccc2F)c1. The predicted octanol–water partition coefficient (Wildman–Crippen LogP) is 3.58. The van der Waals surface area contributed by atoms with Crippen LogP contribution in [0.4, 0.5) is 8.78 Å². The van der Waals surface area contributed by atoms with Gasteiger partial charge in [0.05, 0.1) is 13.0 Å². The van der Waals surface area contributed by atoms with Gasteiger partial charge in [-0.2, -0.15) is 0 Å². The fourth-order valence-electron chi connectivity index (χ4n) is 2.17. The lowest BCUT2D eigenvalue weighted by Crippen LogP contribution is -2.17.